The van der Waals surface area contributed by atoms with Crippen LogP contribution in [0.25, 0.3) is 0 Å². The molecule has 0 radical (unpaired) electrons. The van der Waals surface area contributed by atoms with E-state index in [9.17, 15) is 0 Å². The van der Waals surface area contributed by atoms with Crippen LogP contribution in [0.5, 0.6) is 0 Å². The van der Waals surface area contributed by atoms with Gasteiger partial charge >= 0.3 is 0 Å². The summed E-state index contributed by atoms with van der Waals surface area (Å²) in [4.78, 5) is 2.46. The Morgan fingerprint density at radius 1 is 1.27 bits per heavy atom. The Morgan fingerprint density at radius 2 is 2.00 bits per heavy atom. The average Bonchev–Trinajstić information content (AvgIpc) is 2.81. The van der Waals surface area contributed by atoms with Crippen molar-refractivity contribution in [3.8, 4) is 0 Å². The zero-order chi connectivity index (χ0) is 10.3. The lowest BCUT2D eigenvalue weighted by Crippen LogP contribution is -2.21. The second kappa shape index (κ2) is 3.59. The van der Waals surface area contributed by atoms with Crippen LogP contribution < -0.4 is 0 Å². The monoisotopic (exact) mass is 207 g/mol. The van der Waals surface area contributed by atoms with Crippen LogP contribution in [0.4, 0.5) is 0 Å². The molecule has 1 aromatic rings. The van der Waals surface area contributed by atoms with Crippen LogP contribution in [-0.2, 0) is 6.54 Å². The van der Waals surface area contributed by atoms with Crippen molar-refractivity contribution in [3.05, 3.63) is 11.8 Å². The van der Waals surface area contributed by atoms with E-state index in [1.807, 2.05) is 6.92 Å². The summed E-state index contributed by atoms with van der Waals surface area (Å²) in [6.45, 7) is 5.14. The summed E-state index contributed by atoms with van der Waals surface area (Å²) in [7, 11) is 0. The molecule has 15 heavy (non-hydrogen) atoms. The van der Waals surface area contributed by atoms with Gasteiger partial charge in [0.05, 0.1) is 6.54 Å². The second-order valence-electron chi connectivity index (χ2n) is 4.86. The first-order valence-corrected chi connectivity index (χ1v) is 5.82. The molecule has 82 valence electrons. The molecule has 1 aliphatic heterocycles. The minimum atomic E-state index is 0.671. The lowest BCUT2D eigenvalue weighted by Gasteiger charge is -2.13. The van der Waals surface area contributed by atoms with Gasteiger partial charge in [0.1, 0.15) is 0 Å². The van der Waals surface area contributed by atoms with Crippen molar-refractivity contribution < 1.29 is 4.42 Å². The molecule has 0 N–H and O–H groups in total. The molecule has 2 heterocycles. The molecule has 2 fully saturated rings. The van der Waals surface area contributed by atoms with E-state index < -0.39 is 0 Å². The molecule has 0 spiro atoms. The summed E-state index contributed by atoms with van der Waals surface area (Å²) in [6.07, 6.45) is 4.27. The number of hydrogen-bond acceptors (Lipinski definition) is 4. The highest BCUT2D eigenvalue weighted by atomic mass is 16.4. The highest BCUT2D eigenvalue weighted by Crippen LogP contribution is 2.37. The van der Waals surface area contributed by atoms with Crippen molar-refractivity contribution in [1.82, 2.24) is 15.1 Å². The van der Waals surface area contributed by atoms with E-state index >= 15 is 0 Å². The first kappa shape index (κ1) is 9.33. The third kappa shape index (κ3) is 1.78. The Balaban J connectivity index is 1.61. The van der Waals surface area contributed by atoms with Crippen molar-refractivity contribution in [2.75, 3.05) is 13.1 Å². The van der Waals surface area contributed by atoms with Crippen molar-refractivity contribution in [2.24, 2.45) is 11.8 Å². The molecule has 2 unspecified atom stereocenters. The van der Waals surface area contributed by atoms with Gasteiger partial charge in [0, 0.05) is 20.0 Å². The molecule has 1 aromatic heterocycles. The predicted octanol–water partition coefficient (Wildman–Crippen LogP) is 1.61. The van der Waals surface area contributed by atoms with Crippen molar-refractivity contribution in [2.45, 2.75) is 32.7 Å². The smallest absolute Gasteiger partial charge is 0.230 e. The van der Waals surface area contributed by atoms with Gasteiger partial charge in [-0.1, -0.05) is 6.42 Å². The molecular formula is C11H17N3O. The van der Waals surface area contributed by atoms with Gasteiger partial charge in [0.25, 0.3) is 0 Å². The largest absolute Gasteiger partial charge is 0.424 e. The molecule has 1 saturated carbocycles. The van der Waals surface area contributed by atoms with Crippen LogP contribution in [0.2, 0.25) is 0 Å². The quantitative estimate of drug-likeness (QED) is 0.739. The minimum Gasteiger partial charge on any atom is -0.424 e. The fourth-order valence-corrected chi connectivity index (χ4v) is 3.05. The number of aryl methyl sites for hydroxylation is 1. The van der Waals surface area contributed by atoms with Gasteiger partial charge in [-0.2, -0.15) is 0 Å². The van der Waals surface area contributed by atoms with Gasteiger partial charge in [-0.25, -0.2) is 0 Å². The highest BCUT2D eigenvalue weighted by molar-refractivity contribution is 4.90. The van der Waals surface area contributed by atoms with Gasteiger partial charge in [-0.05, 0) is 24.7 Å². The molecule has 2 atom stereocenters. The van der Waals surface area contributed by atoms with Crippen LogP contribution in [0.1, 0.15) is 31.0 Å². The molecular weight excluding hydrogens is 190 g/mol. The van der Waals surface area contributed by atoms with Gasteiger partial charge in [-0.15, -0.1) is 10.2 Å². The van der Waals surface area contributed by atoms with Crippen molar-refractivity contribution >= 4 is 0 Å². The zero-order valence-electron chi connectivity index (χ0n) is 9.15. The topological polar surface area (TPSA) is 42.2 Å². The normalized spacial score (nSPS) is 31.0. The van der Waals surface area contributed by atoms with Gasteiger partial charge in [0.2, 0.25) is 11.8 Å². The van der Waals surface area contributed by atoms with Crippen LogP contribution in [0.15, 0.2) is 4.42 Å². The van der Waals surface area contributed by atoms with Gasteiger partial charge in [-0.3, -0.25) is 4.90 Å². The molecule has 4 heteroatoms. The third-order valence-electron chi connectivity index (χ3n) is 3.73. The van der Waals surface area contributed by atoms with Gasteiger partial charge < -0.3 is 4.42 Å². The maximum Gasteiger partial charge on any atom is 0.230 e. The molecule has 1 aliphatic carbocycles. The number of aromatic nitrogens is 2. The third-order valence-corrected chi connectivity index (χ3v) is 3.73. The van der Waals surface area contributed by atoms with Crippen LogP contribution in [0, 0.1) is 18.8 Å². The predicted molar refractivity (Wildman–Crippen MR) is 55.1 cm³/mol. The minimum absolute atomic E-state index is 0.671. The fourth-order valence-electron chi connectivity index (χ4n) is 3.05. The SMILES string of the molecule is Cc1nnc(CN2CC3CCCC3C2)o1. The van der Waals surface area contributed by atoms with Crippen LogP contribution in [0.3, 0.4) is 0 Å². The standard InChI is InChI=1S/C11H17N3O/c1-8-12-13-11(15-8)7-14-5-9-3-2-4-10(9)6-14/h9-10H,2-7H2,1H3. The van der Waals surface area contributed by atoms with E-state index in [2.05, 4.69) is 15.1 Å². The highest BCUT2D eigenvalue weighted by Gasteiger charge is 2.36. The van der Waals surface area contributed by atoms with E-state index in [0.29, 0.717) is 5.89 Å². The molecule has 2 aliphatic rings. The second-order valence-corrected chi connectivity index (χ2v) is 4.86. The average molecular weight is 207 g/mol. The lowest BCUT2D eigenvalue weighted by atomic mass is 10.0. The Hall–Kier alpha value is -0.900. The van der Waals surface area contributed by atoms with E-state index in [-0.39, 0.29) is 0 Å². The van der Waals surface area contributed by atoms with Crippen LogP contribution >= 0.6 is 0 Å². The Morgan fingerprint density at radius 3 is 2.60 bits per heavy atom. The van der Waals surface area contributed by atoms with Crippen molar-refractivity contribution in [3.63, 3.8) is 0 Å². The first-order valence-electron chi connectivity index (χ1n) is 5.82. The fraction of sp³-hybridized carbons (Fsp3) is 0.818. The number of likely N-dealkylation sites (tertiary alicyclic amines) is 1. The zero-order valence-corrected chi connectivity index (χ0v) is 9.15. The molecule has 3 rings (SSSR count). The summed E-state index contributed by atoms with van der Waals surface area (Å²) in [5, 5.41) is 7.90. The van der Waals surface area contributed by atoms with E-state index in [1.54, 1.807) is 0 Å². The summed E-state index contributed by atoms with van der Waals surface area (Å²) in [6, 6.07) is 0. The van der Waals surface area contributed by atoms with Crippen molar-refractivity contribution in [1.29, 1.82) is 0 Å². The summed E-state index contributed by atoms with van der Waals surface area (Å²) in [5.41, 5.74) is 0. The molecule has 0 aromatic carbocycles. The molecule has 0 bridgehead atoms. The number of fused-ring (bicyclic) bond motifs is 1. The Labute approximate surface area is 89.7 Å². The summed E-state index contributed by atoms with van der Waals surface area (Å²) >= 11 is 0. The maximum absolute atomic E-state index is 5.40. The number of nitrogens with zero attached hydrogens (tertiary/aromatic N) is 3. The molecule has 0 amide bonds. The van der Waals surface area contributed by atoms with E-state index in [0.717, 1.165) is 24.3 Å². The summed E-state index contributed by atoms with van der Waals surface area (Å²) < 4.78 is 5.40. The first-order chi connectivity index (χ1) is 7.31. The maximum atomic E-state index is 5.40. The van der Waals surface area contributed by atoms with Gasteiger partial charge in [0.15, 0.2) is 0 Å². The number of rotatable bonds is 2. The Bertz CT molecular complexity index is 337. The molecule has 4 nitrogen and oxygen atoms in total. The van der Waals surface area contributed by atoms with E-state index in [1.165, 1.54) is 32.4 Å². The number of hydrogen-bond donors (Lipinski definition) is 0. The Kier molecular flexibility index (Phi) is 2.24. The van der Waals surface area contributed by atoms with E-state index in [4.69, 9.17) is 4.42 Å². The lowest BCUT2D eigenvalue weighted by molar-refractivity contribution is 0.268. The van der Waals surface area contributed by atoms with Crippen LogP contribution in [-0.4, -0.2) is 28.2 Å². The molecule has 1 saturated heterocycles. The summed E-state index contributed by atoms with van der Waals surface area (Å²) in [5.74, 6) is 3.32.